The Hall–Kier alpha value is -4.57. The summed E-state index contributed by atoms with van der Waals surface area (Å²) in [7, 11) is 0. The second-order valence-corrected chi connectivity index (χ2v) is 8.49. The molecule has 6 rings (SSSR count). The molecule has 0 aliphatic rings. The molecular weight excluding hydrogens is 420 g/mol. The van der Waals surface area contributed by atoms with Gasteiger partial charge in [0.25, 0.3) is 5.56 Å². The van der Waals surface area contributed by atoms with Crippen molar-refractivity contribution < 1.29 is 4.42 Å². The van der Waals surface area contributed by atoms with Gasteiger partial charge in [0.1, 0.15) is 11.2 Å². The third-order valence-corrected chi connectivity index (χ3v) is 6.22. The lowest BCUT2D eigenvalue weighted by Gasteiger charge is -2.10. The first-order valence-electron chi connectivity index (χ1n) is 11.2. The number of furan rings is 1. The molecular formula is C30H22N2O2. The van der Waals surface area contributed by atoms with Crippen LogP contribution >= 0.6 is 0 Å². The van der Waals surface area contributed by atoms with Crippen molar-refractivity contribution in [1.29, 1.82) is 0 Å². The number of nitrogen functional groups attached to an aromatic ring is 1. The molecule has 0 saturated heterocycles. The Morgan fingerprint density at radius 2 is 1.44 bits per heavy atom. The number of hydrogen-bond acceptors (Lipinski definition) is 3. The molecule has 0 radical (unpaired) electrons. The number of hydrogen-bond donors (Lipinski definition) is 1. The molecule has 0 aliphatic carbocycles. The van der Waals surface area contributed by atoms with Crippen molar-refractivity contribution in [2.45, 2.75) is 6.54 Å². The number of aromatic nitrogens is 1. The van der Waals surface area contributed by atoms with Crippen molar-refractivity contribution in [3.05, 3.63) is 125 Å². The molecule has 0 aliphatic heterocycles. The van der Waals surface area contributed by atoms with Gasteiger partial charge in [0.15, 0.2) is 0 Å². The highest BCUT2D eigenvalue weighted by Crippen LogP contribution is 2.36. The van der Waals surface area contributed by atoms with E-state index in [1.807, 2.05) is 54.7 Å². The minimum Gasteiger partial charge on any atom is -0.455 e. The van der Waals surface area contributed by atoms with E-state index in [4.69, 9.17) is 10.2 Å². The fourth-order valence-corrected chi connectivity index (χ4v) is 4.53. The molecule has 4 heteroatoms. The van der Waals surface area contributed by atoms with Gasteiger partial charge in [0, 0.05) is 34.3 Å². The second-order valence-electron chi connectivity index (χ2n) is 8.49. The summed E-state index contributed by atoms with van der Waals surface area (Å²) >= 11 is 0. The zero-order valence-corrected chi connectivity index (χ0v) is 18.4. The number of nitrogens with two attached hydrogens (primary N) is 1. The van der Waals surface area contributed by atoms with E-state index in [1.165, 1.54) is 0 Å². The average molecular weight is 443 g/mol. The molecule has 34 heavy (non-hydrogen) atoms. The van der Waals surface area contributed by atoms with Gasteiger partial charge in [-0.25, -0.2) is 0 Å². The van der Waals surface area contributed by atoms with E-state index in [1.54, 1.807) is 10.6 Å². The number of nitrogens with zero attached hydrogens (tertiary/aromatic N) is 1. The van der Waals surface area contributed by atoms with Crippen LogP contribution in [0.4, 0.5) is 5.69 Å². The third-order valence-electron chi connectivity index (χ3n) is 6.22. The van der Waals surface area contributed by atoms with Crippen molar-refractivity contribution in [2.75, 3.05) is 5.73 Å². The van der Waals surface area contributed by atoms with Gasteiger partial charge in [-0.2, -0.15) is 0 Å². The SMILES string of the molecule is Nc1cccc(Cn2cc(-c3ccc(-c4cccc5c4oc4ccccc45)cc3)ccc2=O)c1. The topological polar surface area (TPSA) is 61.2 Å². The lowest BCUT2D eigenvalue weighted by atomic mass is 9.99. The average Bonchev–Trinajstić information content (AvgIpc) is 3.25. The Morgan fingerprint density at radius 3 is 2.29 bits per heavy atom. The van der Waals surface area contributed by atoms with E-state index in [0.29, 0.717) is 12.2 Å². The van der Waals surface area contributed by atoms with Crippen LogP contribution in [0.5, 0.6) is 0 Å². The molecule has 2 aromatic heterocycles. The molecule has 2 N–H and O–H groups in total. The van der Waals surface area contributed by atoms with Crippen LogP contribution in [0.15, 0.2) is 119 Å². The van der Waals surface area contributed by atoms with Gasteiger partial charge in [-0.3, -0.25) is 4.79 Å². The molecule has 0 bridgehead atoms. The predicted octanol–water partition coefficient (Wildman–Crippen LogP) is 6.71. The van der Waals surface area contributed by atoms with Crippen molar-refractivity contribution in [3.8, 4) is 22.3 Å². The lowest BCUT2D eigenvalue weighted by molar-refractivity contribution is 0.670. The molecule has 2 heterocycles. The van der Waals surface area contributed by atoms with Gasteiger partial charge in [0.2, 0.25) is 0 Å². The predicted molar refractivity (Wildman–Crippen MR) is 139 cm³/mol. The van der Waals surface area contributed by atoms with Crippen molar-refractivity contribution in [1.82, 2.24) is 4.57 Å². The van der Waals surface area contributed by atoms with Gasteiger partial charge >= 0.3 is 0 Å². The van der Waals surface area contributed by atoms with Gasteiger partial charge in [-0.15, -0.1) is 0 Å². The monoisotopic (exact) mass is 442 g/mol. The quantitative estimate of drug-likeness (QED) is 0.309. The van der Waals surface area contributed by atoms with Crippen LogP contribution in [-0.4, -0.2) is 4.57 Å². The highest BCUT2D eigenvalue weighted by Gasteiger charge is 2.12. The molecule has 0 unspecified atom stereocenters. The first-order valence-corrected chi connectivity index (χ1v) is 11.2. The fraction of sp³-hybridized carbons (Fsp3) is 0.0333. The number of fused-ring (bicyclic) bond motifs is 3. The third kappa shape index (κ3) is 3.55. The smallest absolute Gasteiger partial charge is 0.250 e. The minimum absolute atomic E-state index is 0.0423. The second kappa shape index (κ2) is 8.09. The highest BCUT2D eigenvalue weighted by atomic mass is 16.3. The Labute approximate surface area is 196 Å². The van der Waals surface area contributed by atoms with Crippen LogP contribution < -0.4 is 11.3 Å². The number of para-hydroxylation sites is 2. The van der Waals surface area contributed by atoms with Gasteiger partial charge < -0.3 is 14.7 Å². The largest absolute Gasteiger partial charge is 0.455 e. The number of anilines is 1. The zero-order valence-electron chi connectivity index (χ0n) is 18.4. The van der Waals surface area contributed by atoms with Crippen LogP contribution in [0.3, 0.4) is 0 Å². The molecule has 4 nitrogen and oxygen atoms in total. The van der Waals surface area contributed by atoms with E-state index in [9.17, 15) is 4.79 Å². The maximum absolute atomic E-state index is 12.5. The number of benzene rings is 4. The maximum Gasteiger partial charge on any atom is 0.250 e. The minimum atomic E-state index is -0.0423. The van der Waals surface area contributed by atoms with E-state index in [-0.39, 0.29) is 5.56 Å². The summed E-state index contributed by atoms with van der Waals surface area (Å²) in [5.41, 5.74) is 13.5. The molecule has 0 atom stereocenters. The molecule has 0 amide bonds. The van der Waals surface area contributed by atoms with Crippen molar-refractivity contribution in [3.63, 3.8) is 0 Å². The maximum atomic E-state index is 12.5. The molecule has 0 fully saturated rings. The number of pyridine rings is 1. The van der Waals surface area contributed by atoms with Crippen molar-refractivity contribution >= 4 is 27.6 Å². The number of rotatable bonds is 4. The summed E-state index contributed by atoms with van der Waals surface area (Å²) in [6, 6.07) is 33.8. The zero-order chi connectivity index (χ0) is 23.1. The van der Waals surface area contributed by atoms with E-state index in [0.717, 1.165) is 49.8 Å². The summed E-state index contributed by atoms with van der Waals surface area (Å²) in [5, 5.41) is 2.24. The Morgan fingerprint density at radius 1 is 0.706 bits per heavy atom. The lowest BCUT2D eigenvalue weighted by Crippen LogP contribution is -2.19. The van der Waals surface area contributed by atoms with E-state index < -0.39 is 0 Å². The standard InChI is InChI=1S/C30H22N2O2/c31-24-6-3-5-20(17-24)18-32-19-23(15-16-29(32)33)21-11-13-22(14-12-21)25-8-4-9-27-26-7-1-2-10-28(26)34-30(25)27/h1-17,19H,18,31H2. The first kappa shape index (κ1) is 20.1. The van der Waals surface area contributed by atoms with Gasteiger partial charge in [-0.1, -0.05) is 72.8 Å². The Bertz CT molecular complexity index is 1710. The van der Waals surface area contributed by atoms with Crippen LogP contribution in [-0.2, 0) is 6.54 Å². The van der Waals surface area contributed by atoms with Crippen LogP contribution in [0.25, 0.3) is 44.2 Å². The Kier molecular flexibility index (Phi) is 4.77. The van der Waals surface area contributed by atoms with E-state index >= 15 is 0 Å². The summed E-state index contributed by atoms with van der Waals surface area (Å²) in [4.78, 5) is 12.5. The van der Waals surface area contributed by atoms with E-state index in [2.05, 4.69) is 48.5 Å². The highest BCUT2D eigenvalue weighted by molar-refractivity contribution is 6.09. The summed E-state index contributed by atoms with van der Waals surface area (Å²) in [5.74, 6) is 0. The van der Waals surface area contributed by atoms with Crippen LogP contribution in [0.1, 0.15) is 5.56 Å². The molecule has 6 aromatic rings. The normalized spacial score (nSPS) is 11.3. The van der Waals surface area contributed by atoms with Crippen LogP contribution in [0, 0.1) is 0 Å². The molecule has 0 spiro atoms. The van der Waals surface area contributed by atoms with Gasteiger partial charge in [0.05, 0.1) is 6.54 Å². The summed E-state index contributed by atoms with van der Waals surface area (Å²) in [6.45, 7) is 0.476. The van der Waals surface area contributed by atoms with Gasteiger partial charge in [-0.05, 0) is 46.5 Å². The molecule has 4 aromatic carbocycles. The summed E-state index contributed by atoms with van der Waals surface area (Å²) < 4.78 is 7.92. The Balaban J connectivity index is 1.36. The fourth-order valence-electron chi connectivity index (χ4n) is 4.53. The summed E-state index contributed by atoms with van der Waals surface area (Å²) in [6.07, 6.45) is 1.90. The van der Waals surface area contributed by atoms with Crippen LogP contribution in [0.2, 0.25) is 0 Å². The van der Waals surface area contributed by atoms with Crippen molar-refractivity contribution in [2.24, 2.45) is 0 Å². The first-order chi connectivity index (χ1) is 16.7. The molecule has 164 valence electrons. The molecule has 0 saturated carbocycles.